The van der Waals surface area contributed by atoms with Crippen molar-refractivity contribution in [3.63, 3.8) is 0 Å². The summed E-state index contributed by atoms with van der Waals surface area (Å²) in [4.78, 5) is 21.9. The van der Waals surface area contributed by atoms with Gasteiger partial charge in [0.05, 0.1) is 5.69 Å². The van der Waals surface area contributed by atoms with Crippen LogP contribution in [0.15, 0.2) is 6.20 Å². The van der Waals surface area contributed by atoms with Crippen LogP contribution in [0, 0.1) is 0 Å². The van der Waals surface area contributed by atoms with Crippen LogP contribution in [0.1, 0.15) is 24.6 Å². The number of amides is 2. The number of carboxylic acids is 1. The molecule has 8 heteroatoms. The van der Waals surface area contributed by atoms with Gasteiger partial charge in [-0.15, -0.1) is 0 Å². The maximum absolute atomic E-state index is 11.5. The topological polar surface area (TPSA) is 116 Å². The van der Waals surface area contributed by atoms with Gasteiger partial charge in [-0.25, -0.2) is 9.59 Å². The van der Waals surface area contributed by atoms with Crippen LogP contribution in [0.3, 0.4) is 0 Å². The molecule has 0 fully saturated rings. The molecule has 0 spiro atoms. The summed E-state index contributed by atoms with van der Waals surface area (Å²) in [5.74, 6) is -1.30. The number of nitrogens with one attached hydrogen (secondary N) is 2. The summed E-state index contributed by atoms with van der Waals surface area (Å²) in [5, 5.41) is 26.9. The first-order valence-electron chi connectivity index (χ1n) is 6.38. The highest BCUT2D eigenvalue weighted by atomic mass is 16.4. The Balaban J connectivity index is 2.31. The van der Waals surface area contributed by atoms with Gasteiger partial charge in [-0.3, -0.25) is 4.68 Å². The summed E-state index contributed by atoms with van der Waals surface area (Å²) in [7, 11) is 1.82. The largest absolute Gasteiger partial charge is 0.479 e. The minimum atomic E-state index is -1.46. The zero-order chi connectivity index (χ0) is 15.1. The molecule has 8 nitrogen and oxygen atoms in total. The van der Waals surface area contributed by atoms with E-state index in [1.165, 1.54) is 0 Å². The molecule has 4 N–H and O–H groups in total. The van der Waals surface area contributed by atoms with Crippen LogP contribution in [0.25, 0.3) is 0 Å². The van der Waals surface area contributed by atoms with Crippen LogP contribution in [0.5, 0.6) is 0 Å². The quantitative estimate of drug-likeness (QED) is 0.544. The number of carbonyl (C=O) groups excluding carboxylic acids is 1. The number of nitrogens with zero attached hydrogens (tertiary/aromatic N) is 2. The van der Waals surface area contributed by atoms with Crippen molar-refractivity contribution in [1.82, 2.24) is 20.4 Å². The maximum Gasteiger partial charge on any atom is 0.332 e. The van der Waals surface area contributed by atoms with Gasteiger partial charge in [0, 0.05) is 38.3 Å². The fourth-order valence-corrected chi connectivity index (χ4v) is 1.71. The van der Waals surface area contributed by atoms with Gasteiger partial charge < -0.3 is 20.8 Å². The van der Waals surface area contributed by atoms with E-state index in [-0.39, 0.29) is 13.0 Å². The summed E-state index contributed by atoms with van der Waals surface area (Å²) in [6, 6.07) is -0.409. The van der Waals surface area contributed by atoms with Gasteiger partial charge in [0.2, 0.25) is 0 Å². The van der Waals surface area contributed by atoms with Crippen LogP contribution in [0.2, 0.25) is 0 Å². The van der Waals surface area contributed by atoms with Crippen molar-refractivity contribution in [2.75, 3.05) is 6.54 Å². The lowest BCUT2D eigenvalue weighted by atomic mass is 10.2. The maximum atomic E-state index is 11.5. The Morgan fingerprint density at radius 1 is 1.45 bits per heavy atom. The molecule has 0 bridgehead atoms. The molecule has 2 amide bonds. The highest BCUT2D eigenvalue weighted by Crippen LogP contribution is 2.06. The van der Waals surface area contributed by atoms with Crippen molar-refractivity contribution < 1.29 is 19.8 Å². The molecule has 1 aromatic rings. The van der Waals surface area contributed by atoms with Crippen LogP contribution >= 0.6 is 0 Å². The van der Waals surface area contributed by atoms with Gasteiger partial charge in [0.1, 0.15) is 0 Å². The fourth-order valence-electron chi connectivity index (χ4n) is 1.71. The number of aliphatic carboxylic acids is 1. The summed E-state index contributed by atoms with van der Waals surface area (Å²) in [6.07, 6.45) is 1.13. The first kappa shape index (κ1) is 16.0. The number of aryl methyl sites for hydroxylation is 2. The van der Waals surface area contributed by atoms with Crippen LogP contribution in [-0.2, 0) is 24.8 Å². The number of aliphatic hydroxyl groups excluding tert-OH is 1. The molecule has 1 atom stereocenters. The van der Waals surface area contributed by atoms with E-state index in [2.05, 4.69) is 15.7 Å². The van der Waals surface area contributed by atoms with Gasteiger partial charge in [0.25, 0.3) is 0 Å². The standard InChI is InChI=1S/C12H20N4O4/c1-3-9-8(7-16(2)15-9)6-14-12(20)13-5-4-10(17)11(18)19/h7,10,17H,3-6H2,1-2H3,(H,18,19)(H2,13,14,20). The Labute approximate surface area is 116 Å². The van der Waals surface area contributed by atoms with E-state index in [0.29, 0.717) is 6.54 Å². The van der Waals surface area contributed by atoms with Gasteiger partial charge in [-0.05, 0) is 6.42 Å². The summed E-state index contributed by atoms with van der Waals surface area (Å²) < 4.78 is 1.69. The third kappa shape index (κ3) is 4.88. The second kappa shape index (κ2) is 7.49. The third-order valence-electron chi connectivity index (χ3n) is 2.75. The lowest BCUT2D eigenvalue weighted by molar-refractivity contribution is -0.146. The molecule has 0 aliphatic rings. The number of aromatic nitrogens is 2. The first-order chi connectivity index (χ1) is 9.43. The SMILES string of the molecule is CCc1nn(C)cc1CNC(=O)NCCC(O)C(=O)O. The van der Waals surface area contributed by atoms with Crippen LogP contribution < -0.4 is 10.6 Å². The Morgan fingerprint density at radius 3 is 2.75 bits per heavy atom. The number of urea groups is 1. The predicted octanol–water partition coefficient (Wildman–Crippen LogP) is -0.383. The number of carboxylic acid groups (broad SMARTS) is 1. The fraction of sp³-hybridized carbons (Fsp3) is 0.583. The monoisotopic (exact) mass is 284 g/mol. The number of hydrogen-bond acceptors (Lipinski definition) is 4. The van der Waals surface area contributed by atoms with Gasteiger partial charge in [-0.1, -0.05) is 6.92 Å². The summed E-state index contributed by atoms with van der Waals surface area (Å²) in [5.41, 5.74) is 1.87. The van der Waals surface area contributed by atoms with Gasteiger partial charge in [-0.2, -0.15) is 5.10 Å². The van der Waals surface area contributed by atoms with Crippen molar-refractivity contribution in [3.8, 4) is 0 Å². The van der Waals surface area contributed by atoms with E-state index < -0.39 is 18.1 Å². The highest BCUT2D eigenvalue weighted by molar-refractivity contribution is 5.74. The molecular weight excluding hydrogens is 264 g/mol. The first-order valence-corrected chi connectivity index (χ1v) is 6.38. The minimum Gasteiger partial charge on any atom is -0.479 e. The molecule has 0 aliphatic carbocycles. The van der Waals surface area contributed by atoms with Crippen molar-refractivity contribution in [2.24, 2.45) is 7.05 Å². The zero-order valence-electron chi connectivity index (χ0n) is 11.6. The molecule has 0 aliphatic heterocycles. The highest BCUT2D eigenvalue weighted by Gasteiger charge is 2.13. The lowest BCUT2D eigenvalue weighted by Gasteiger charge is -2.08. The van der Waals surface area contributed by atoms with E-state index >= 15 is 0 Å². The molecule has 0 saturated heterocycles. The van der Waals surface area contributed by atoms with Crippen molar-refractivity contribution in [1.29, 1.82) is 0 Å². The Morgan fingerprint density at radius 2 is 2.15 bits per heavy atom. The van der Waals surface area contributed by atoms with Gasteiger partial charge in [0.15, 0.2) is 6.10 Å². The van der Waals surface area contributed by atoms with Crippen LogP contribution in [0.4, 0.5) is 4.79 Å². The number of rotatable bonds is 7. The molecule has 112 valence electrons. The van der Waals surface area contributed by atoms with E-state index in [0.717, 1.165) is 17.7 Å². The van der Waals surface area contributed by atoms with Gasteiger partial charge >= 0.3 is 12.0 Å². The predicted molar refractivity (Wildman–Crippen MR) is 71.1 cm³/mol. The minimum absolute atomic E-state index is 0.0319. The van der Waals surface area contributed by atoms with E-state index in [4.69, 9.17) is 10.2 Å². The van der Waals surface area contributed by atoms with Crippen molar-refractivity contribution >= 4 is 12.0 Å². The average molecular weight is 284 g/mol. The Kier molecular flexibility index (Phi) is 5.98. The molecule has 1 rings (SSSR count). The zero-order valence-corrected chi connectivity index (χ0v) is 11.6. The molecular formula is C12H20N4O4. The average Bonchev–Trinajstić information content (AvgIpc) is 2.76. The van der Waals surface area contributed by atoms with E-state index in [1.807, 2.05) is 20.2 Å². The molecule has 0 saturated carbocycles. The molecule has 0 aromatic carbocycles. The number of carbonyl (C=O) groups is 2. The third-order valence-corrected chi connectivity index (χ3v) is 2.75. The lowest BCUT2D eigenvalue weighted by Crippen LogP contribution is -2.37. The molecule has 1 unspecified atom stereocenters. The Hall–Kier alpha value is -2.09. The van der Waals surface area contributed by atoms with Crippen molar-refractivity contribution in [2.45, 2.75) is 32.4 Å². The normalized spacial score (nSPS) is 11.9. The summed E-state index contributed by atoms with van der Waals surface area (Å²) >= 11 is 0. The number of aliphatic hydroxyl groups is 1. The second-order valence-corrected chi connectivity index (χ2v) is 4.38. The van der Waals surface area contributed by atoms with E-state index in [9.17, 15) is 9.59 Å². The van der Waals surface area contributed by atoms with Crippen molar-refractivity contribution in [3.05, 3.63) is 17.5 Å². The van der Waals surface area contributed by atoms with E-state index in [1.54, 1.807) is 4.68 Å². The Bertz CT molecular complexity index is 472. The molecule has 20 heavy (non-hydrogen) atoms. The molecule has 1 aromatic heterocycles. The molecule has 1 heterocycles. The summed E-state index contributed by atoms with van der Waals surface area (Å²) in [6.45, 7) is 2.43. The van der Waals surface area contributed by atoms with Crippen LogP contribution in [-0.4, -0.2) is 44.6 Å². The second-order valence-electron chi connectivity index (χ2n) is 4.38. The molecule has 0 radical (unpaired) electrons. The smallest absolute Gasteiger partial charge is 0.332 e. The number of hydrogen-bond donors (Lipinski definition) is 4.